The van der Waals surface area contributed by atoms with E-state index in [-0.39, 0.29) is 17.6 Å². The molecule has 0 aliphatic carbocycles. The number of aromatic hydroxyl groups is 1. The number of phenolic OH excluding ortho intramolecular Hbond substituents is 1. The van der Waals surface area contributed by atoms with Crippen LogP contribution in [0.1, 0.15) is 46.9 Å². The average Bonchev–Trinajstić information content (AvgIpc) is 3.30. The van der Waals surface area contributed by atoms with E-state index in [4.69, 9.17) is 9.47 Å². The van der Waals surface area contributed by atoms with E-state index in [0.29, 0.717) is 37.4 Å². The van der Waals surface area contributed by atoms with Gasteiger partial charge in [0.15, 0.2) is 0 Å². The third kappa shape index (κ3) is 3.65. The van der Waals surface area contributed by atoms with Crippen molar-refractivity contribution in [2.24, 2.45) is 0 Å². The minimum Gasteiger partial charge on any atom is -0.507 e. The molecule has 0 unspecified atom stereocenters. The highest BCUT2D eigenvalue weighted by Gasteiger charge is 2.27. The predicted octanol–water partition coefficient (Wildman–Crippen LogP) is 3.57. The highest BCUT2D eigenvalue weighted by atomic mass is 16.5. The number of fused-ring (bicyclic) bond motifs is 2. The number of nitrogens with one attached hydrogen (secondary N) is 1. The summed E-state index contributed by atoms with van der Waals surface area (Å²) >= 11 is 0. The van der Waals surface area contributed by atoms with Gasteiger partial charge in [0.2, 0.25) is 0 Å². The normalized spacial score (nSPS) is 13.3. The molecule has 152 valence electrons. The number of carbonyl (C=O) groups is 1. The summed E-state index contributed by atoms with van der Waals surface area (Å²) in [5, 5.41) is 18.6. The van der Waals surface area contributed by atoms with Crippen molar-refractivity contribution in [2.45, 2.75) is 32.9 Å². The van der Waals surface area contributed by atoms with Crippen LogP contribution in [0.2, 0.25) is 0 Å². The van der Waals surface area contributed by atoms with Gasteiger partial charge in [-0.3, -0.25) is 9.89 Å². The molecule has 1 aromatic heterocycles. The lowest BCUT2D eigenvalue weighted by Crippen LogP contribution is -2.25. The summed E-state index contributed by atoms with van der Waals surface area (Å²) in [5.41, 5.74) is 4.05. The standard InChI is InChI=1S/C22H25N3O4/c1-13(2)21-17-9-18(20(26)10-19(17)23-24-21)22(27)25-11-14-4-5-16(8-15(14)12-25)29-7-6-28-3/h4-5,8-10,13,26H,6-7,11-12H2,1-3H3,(H,23,24). The highest BCUT2D eigenvalue weighted by Crippen LogP contribution is 2.33. The Kier molecular flexibility index (Phi) is 5.15. The molecule has 0 saturated heterocycles. The van der Waals surface area contributed by atoms with E-state index in [1.165, 1.54) is 0 Å². The van der Waals surface area contributed by atoms with Crippen LogP contribution in [0.5, 0.6) is 11.5 Å². The number of aromatic amines is 1. The Morgan fingerprint density at radius 1 is 1.21 bits per heavy atom. The quantitative estimate of drug-likeness (QED) is 0.623. The molecule has 1 aliphatic heterocycles. The number of carbonyl (C=O) groups excluding carboxylic acids is 1. The van der Waals surface area contributed by atoms with Crippen molar-refractivity contribution in [1.29, 1.82) is 0 Å². The molecule has 0 fully saturated rings. The van der Waals surface area contributed by atoms with Gasteiger partial charge >= 0.3 is 0 Å². The molecular formula is C22H25N3O4. The van der Waals surface area contributed by atoms with Crippen LogP contribution in [-0.4, -0.2) is 46.4 Å². The molecular weight excluding hydrogens is 370 g/mol. The molecule has 0 atom stereocenters. The first-order valence-corrected chi connectivity index (χ1v) is 9.71. The molecule has 0 saturated carbocycles. The van der Waals surface area contributed by atoms with Crippen molar-refractivity contribution in [3.63, 3.8) is 0 Å². The van der Waals surface area contributed by atoms with Gasteiger partial charge in [-0.05, 0) is 35.2 Å². The van der Waals surface area contributed by atoms with Gasteiger partial charge in [0.05, 0.1) is 17.7 Å². The third-order valence-corrected chi connectivity index (χ3v) is 5.25. The van der Waals surface area contributed by atoms with Gasteiger partial charge in [0.1, 0.15) is 18.1 Å². The van der Waals surface area contributed by atoms with E-state index in [2.05, 4.69) is 24.0 Å². The smallest absolute Gasteiger partial charge is 0.258 e. The number of amides is 1. The second kappa shape index (κ2) is 7.75. The number of H-pyrrole nitrogens is 1. The van der Waals surface area contributed by atoms with Gasteiger partial charge in [-0.25, -0.2) is 0 Å². The lowest BCUT2D eigenvalue weighted by atomic mass is 10.0. The Hall–Kier alpha value is -3.06. The molecule has 0 radical (unpaired) electrons. The Labute approximate surface area is 169 Å². The number of aromatic nitrogens is 2. The van der Waals surface area contributed by atoms with Crippen LogP contribution < -0.4 is 4.74 Å². The van der Waals surface area contributed by atoms with Crippen LogP contribution >= 0.6 is 0 Å². The number of methoxy groups -OCH3 is 1. The molecule has 1 aliphatic rings. The Morgan fingerprint density at radius 2 is 2.00 bits per heavy atom. The molecule has 7 heteroatoms. The van der Waals surface area contributed by atoms with Crippen LogP contribution in [0.25, 0.3) is 10.9 Å². The Morgan fingerprint density at radius 3 is 2.76 bits per heavy atom. The van der Waals surface area contributed by atoms with Gasteiger partial charge in [-0.2, -0.15) is 5.10 Å². The molecule has 0 bridgehead atoms. The monoisotopic (exact) mass is 395 g/mol. The maximum Gasteiger partial charge on any atom is 0.258 e. The van der Waals surface area contributed by atoms with Crippen LogP contribution in [0.3, 0.4) is 0 Å². The molecule has 7 nitrogen and oxygen atoms in total. The topological polar surface area (TPSA) is 87.7 Å². The van der Waals surface area contributed by atoms with Gasteiger partial charge in [-0.1, -0.05) is 19.9 Å². The van der Waals surface area contributed by atoms with Gasteiger partial charge in [-0.15, -0.1) is 0 Å². The molecule has 0 spiro atoms. The molecule has 4 rings (SSSR count). The fourth-order valence-corrected chi connectivity index (χ4v) is 3.69. The minimum absolute atomic E-state index is 0.0520. The maximum atomic E-state index is 13.2. The van der Waals surface area contributed by atoms with Crippen molar-refractivity contribution in [3.8, 4) is 11.5 Å². The summed E-state index contributed by atoms with van der Waals surface area (Å²) < 4.78 is 10.7. The summed E-state index contributed by atoms with van der Waals surface area (Å²) in [7, 11) is 1.63. The van der Waals surface area contributed by atoms with Gasteiger partial charge in [0, 0.05) is 37.3 Å². The zero-order chi connectivity index (χ0) is 20.5. The molecule has 3 aromatic rings. The first kappa shape index (κ1) is 19.3. The minimum atomic E-state index is -0.196. The van der Waals surface area contributed by atoms with Crippen molar-refractivity contribution in [3.05, 3.63) is 52.7 Å². The first-order chi connectivity index (χ1) is 14.0. The molecule has 2 N–H and O–H groups in total. The molecule has 29 heavy (non-hydrogen) atoms. The van der Waals surface area contributed by atoms with Gasteiger partial charge in [0.25, 0.3) is 5.91 Å². The first-order valence-electron chi connectivity index (χ1n) is 9.71. The third-order valence-electron chi connectivity index (χ3n) is 5.25. The summed E-state index contributed by atoms with van der Waals surface area (Å²) in [6.07, 6.45) is 0. The van der Waals surface area contributed by atoms with Crippen molar-refractivity contribution in [2.75, 3.05) is 20.3 Å². The van der Waals surface area contributed by atoms with E-state index in [1.54, 1.807) is 24.1 Å². The number of ether oxygens (including phenoxy) is 2. The lowest BCUT2D eigenvalue weighted by Gasteiger charge is -2.16. The highest BCUT2D eigenvalue weighted by molar-refractivity contribution is 6.01. The fourth-order valence-electron chi connectivity index (χ4n) is 3.69. The lowest BCUT2D eigenvalue weighted by molar-refractivity contribution is 0.0748. The molecule has 2 heterocycles. The number of nitrogens with zero attached hydrogens (tertiary/aromatic N) is 2. The van der Waals surface area contributed by atoms with Crippen LogP contribution in [-0.2, 0) is 17.8 Å². The van der Waals surface area contributed by atoms with Crippen molar-refractivity contribution >= 4 is 16.8 Å². The van der Waals surface area contributed by atoms with E-state index in [9.17, 15) is 9.90 Å². The Balaban J connectivity index is 1.57. The fraction of sp³-hybridized carbons (Fsp3) is 0.364. The maximum absolute atomic E-state index is 13.2. The Bertz CT molecular complexity index is 1060. The number of phenols is 1. The van der Waals surface area contributed by atoms with E-state index in [1.807, 2.05) is 18.2 Å². The van der Waals surface area contributed by atoms with E-state index >= 15 is 0 Å². The second-order valence-electron chi connectivity index (χ2n) is 7.61. The van der Waals surface area contributed by atoms with Gasteiger partial charge < -0.3 is 19.5 Å². The summed E-state index contributed by atoms with van der Waals surface area (Å²) in [4.78, 5) is 14.9. The second-order valence-corrected chi connectivity index (χ2v) is 7.61. The van der Waals surface area contributed by atoms with Crippen molar-refractivity contribution < 1.29 is 19.4 Å². The summed E-state index contributed by atoms with van der Waals surface area (Å²) in [6.45, 7) is 6.11. The molecule has 1 amide bonds. The number of hydrogen-bond acceptors (Lipinski definition) is 5. The largest absolute Gasteiger partial charge is 0.507 e. The zero-order valence-electron chi connectivity index (χ0n) is 16.9. The van der Waals surface area contributed by atoms with E-state index in [0.717, 1.165) is 28.0 Å². The zero-order valence-corrected chi connectivity index (χ0v) is 16.9. The summed E-state index contributed by atoms with van der Waals surface area (Å²) in [5.74, 6) is 0.751. The predicted molar refractivity (Wildman–Crippen MR) is 109 cm³/mol. The van der Waals surface area contributed by atoms with Crippen molar-refractivity contribution in [1.82, 2.24) is 15.1 Å². The van der Waals surface area contributed by atoms with Crippen LogP contribution in [0.4, 0.5) is 0 Å². The number of hydrogen-bond donors (Lipinski definition) is 2. The van der Waals surface area contributed by atoms with E-state index < -0.39 is 0 Å². The molecule has 2 aromatic carbocycles. The van der Waals surface area contributed by atoms with Crippen LogP contribution in [0, 0.1) is 0 Å². The number of rotatable bonds is 6. The average molecular weight is 395 g/mol. The summed E-state index contributed by atoms with van der Waals surface area (Å²) in [6, 6.07) is 9.16. The number of benzene rings is 2. The SMILES string of the molecule is COCCOc1ccc2c(c1)CN(C(=O)c1cc3c(C(C)C)[nH]nc3cc1O)C2. The van der Waals surface area contributed by atoms with Crippen LogP contribution in [0.15, 0.2) is 30.3 Å².